The third-order valence-electron chi connectivity index (χ3n) is 9.27. The highest BCUT2D eigenvalue weighted by Gasteiger charge is 2.37. The van der Waals surface area contributed by atoms with Crippen LogP contribution in [0.25, 0.3) is 22.3 Å². The zero-order valence-corrected chi connectivity index (χ0v) is 33.1. The summed E-state index contributed by atoms with van der Waals surface area (Å²) in [5.74, 6) is 2.27. The molecule has 296 valence electrons. The molecule has 2 aliphatic rings. The summed E-state index contributed by atoms with van der Waals surface area (Å²) in [6.07, 6.45) is 6.84. The van der Waals surface area contributed by atoms with Crippen molar-refractivity contribution in [1.82, 2.24) is 39.0 Å². The van der Waals surface area contributed by atoms with Gasteiger partial charge in [-0.15, -0.1) is 0 Å². The number of anilines is 2. The Hall–Kier alpha value is -4.55. The summed E-state index contributed by atoms with van der Waals surface area (Å²) in [5.41, 5.74) is 13.5. The number of carbonyl (C=O) groups is 1. The average molecular weight is 799 g/mol. The van der Waals surface area contributed by atoms with Crippen LogP contribution in [0.15, 0.2) is 43.0 Å². The van der Waals surface area contributed by atoms with E-state index in [-0.39, 0.29) is 48.8 Å². The lowest BCUT2D eigenvalue weighted by atomic mass is 9.81. The minimum absolute atomic E-state index is 0.0352. The van der Waals surface area contributed by atoms with Crippen molar-refractivity contribution >= 4 is 58.9 Å². The number of aromatic nitrogens is 8. The van der Waals surface area contributed by atoms with Gasteiger partial charge in [0.25, 0.3) is 0 Å². The van der Waals surface area contributed by atoms with Crippen molar-refractivity contribution in [1.29, 1.82) is 0 Å². The first kappa shape index (κ1) is 40.1. The van der Waals surface area contributed by atoms with E-state index >= 15 is 0 Å². The van der Waals surface area contributed by atoms with E-state index in [0.717, 1.165) is 37.4 Å². The van der Waals surface area contributed by atoms with E-state index in [0.29, 0.717) is 57.5 Å². The van der Waals surface area contributed by atoms with Gasteiger partial charge in [-0.1, -0.05) is 50.7 Å². The topological polar surface area (TPSA) is 240 Å². The molecule has 0 aliphatic heterocycles. The van der Waals surface area contributed by atoms with Gasteiger partial charge in [-0.25, -0.2) is 14.5 Å². The number of nitrogen functional groups attached to an aromatic ring is 2. The van der Waals surface area contributed by atoms with E-state index in [1.54, 1.807) is 36.9 Å². The van der Waals surface area contributed by atoms with E-state index < -0.39 is 13.2 Å². The van der Waals surface area contributed by atoms with Gasteiger partial charge in [0.2, 0.25) is 23.7 Å². The minimum atomic E-state index is -3.91. The predicted octanol–water partition coefficient (Wildman–Crippen LogP) is 5.25. The number of phosphoric acid groups is 1. The first-order valence-corrected chi connectivity index (χ1v) is 20.2. The van der Waals surface area contributed by atoms with Crippen LogP contribution in [0.2, 0.25) is 0 Å². The quantitative estimate of drug-likeness (QED) is 0.0959. The zero-order valence-electron chi connectivity index (χ0n) is 31.4. The molecule has 55 heavy (non-hydrogen) atoms. The van der Waals surface area contributed by atoms with Crippen LogP contribution in [0.4, 0.5) is 11.9 Å². The van der Waals surface area contributed by atoms with E-state index in [2.05, 4.69) is 29.9 Å². The fourth-order valence-electron chi connectivity index (χ4n) is 6.17. The molecule has 0 bridgehead atoms. The van der Waals surface area contributed by atoms with Crippen LogP contribution in [0.5, 0.6) is 17.5 Å². The number of rotatable bonds is 14. The summed E-state index contributed by atoms with van der Waals surface area (Å²) < 4.78 is 44.8. The van der Waals surface area contributed by atoms with Gasteiger partial charge in [0.05, 0.1) is 40.1 Å². The number of benzene rings is 1. The standard InChI is InChI=1S/C24H32N5O6PS.C11H15N5O2/c1-24(2,3)22(30)37-11-10-33-36(31,35-18-8-6-5-7-9-18)34-14-16-12-17(13-16)29-15-26-19-20(29)27-23(25)28-21(19)32-4;1-18-10-8-9(14-11(12)15-10)16(5-13-8)7-2-6(3-7)4-17/h5-9,15-17H,10-14H2,1-4H3,(H2,25,27,28);5-7,17H,2-4H2,1H3,(H2,12,14,15). The van der Waals surface area contributed by atoms with Gasteiger partial charge in [-0.05, 0) is 49.7 Å². The van der Waals surface area contributed by atoms with Gasteiger partial charge in [0.1, 0.15) is 5.75 Å². The number of hydrogen-bond donors (Lipinski definition) is 3. The Morgan fingerprint density at radius 2 is 1.38 bits per heavy atom. The second-order valence-electron chi connectivity index (χ2n) is 14.4. The molecule has 4 aromatic heterocycles. The third kappa shape index (κ3) is 9.47. The van der Waals surface area contributed by atoms with Crippen molar-refractivity contribution in [3.63, 3.8) is 0 Å². The lowest BCUT2D eigenvalue weighted by Crippen LogP contribution is -2.30. The molecule has 2 saturated carbocycles. The summed E-state index contributed by atoms with van der Waals surface area (Å²) in [7, 11) is -0.866. The van der Waals surface area contributed by atoms with Gasteiger partial charge >= 0.3 is 7.82 Å². The van der Waals surface area contributed by atoms with Crippen LogP contribution in [0.1, 0.15) is 58.5 Å². The Morgan fingerprint density at radius 1 is 0.855 bits per heavy atom. The fourth-order valence-corrected chi connectivity index (χ4v) is 8.35. The van der Waals surface area contributed by atoms with Gasteiger partial charge in [0.15, 0.2) is 27.4 Å². The maximum Gasteiger partial charge on any atom is 0.530 e. The van der Waals surface area contributed by atoms with Gasteiger partial charge < -0.3 is 39.7 Å². The van der Waals surface area contributed by atoms with Crippen LogP contribution in [0, 0.1) is 17.3 Å². The minimum Gasteiger partial charge on any atom is -0.479 e. The number of imidazole rings is 2. The van der Waals surface area contributed by atoms with Crippen LogP contribution in [0.3, 0.4) is 0 Å². The number of hydrogen-bond acceptors (Lipinski definition) is 17. The van der Waals surface area contributed by atoms with Crippen molar-refractivity contribution in [3.8, 4) is 17.5 Å². The molecular formula is C35H47N10O8PS. The summed E-state index contributed by atoms with van der Waals surface area (Å²) in [4.78, 5) is 37.4. The molecule has 20 heteroatoms. The molecule has 0 spiro atoms. The first-order valence-electron chi connectivity index (χ1n) is 17.8. The molecular weight excluding hydrogens is 751 g/mol. The maximum atomic E-state index is 13.4. The predicted molar refractivity (Wildman–Crippen MR) is 207 cm³/mol. The zero-order chi connectivity index (χ0) is 39.3. The molecule has 0 radical (unpaired) electrons. The summed E-state index contributed by atoms with van der Waals surface area (Å²) in [5, 5.41) is 9.09. The Balaban J connectivity index is 0.000000237. The van der Waals surface area contributed by atoms with E-state index in [1.807, 2.05) is 36.0 Å². The normalized spacial score (nSPS) is 20.5. The molecule has 2 aliphatic carbocycles. The first-order chi connectivity index (χ1) is 26.3. The SMILES string of the molecule is COc1nc(N)nc2c1ncn2C1CC(CO)C1.COc1nc(N)nc2c1ncn2C1CC(COP(=O)(OCCSC(=O)C(C)(C)C)Oc2ccccc2)C1. The van der Waals surface area contributed by atoms with Crippen LogP contribution in [-0.4, -0.2) is 89.1 Å². The number of ether oxygens (including phenoxy) is 2. The molecule has 7 rings (SSSR count). The number of carbonyl (C=O) groups excluding carboxylic acids is 1. The number of aliphatic hydroxyl groups excluding tert-OH is 1. The van der Waals surface area contributed by atoms with Gasteiger partial charge in [0, 0.05) is 29.9 Å². The molecule has 4 heterocycles. The number of thioether (sulfide) groups is 1. The van der Waals surface area contributed by atoms with Crippen molar-refractivity contribution in [3.05, 3.63) is 43.0 Å². The number of phosphoric ester groups is 1. The molecule has 18 nitrogen and oxygen atoms in total. The van der Waals surface area contributed by atoms with E-state index in [4.69, 9.17) is 39.6 Å². The highest BCUT2D eigenvalue weighted by molar-refractivity contribution is 8.13. The Labute approximate surface area is 322 Å². The molecule has 0 saturated heterocycles. The summed E-state index contributed by atoms with van der Waals surface area (Å²) in [6.45, 7) is 6.05. The maximum absolute atomic E-state index is 13.4. The second-order valence-corrected chi connectivity index (χ2v) is 17.0. The number of para-hydroxylation sites is 1. The van der Waals surface area contributed by atoms with E-state index in [9.17, 15) is 9.36 Å². The molecule has 1 unspecified atom stereocenters. The number of aliphatic hydroxyl groups is 1. The second kappa shape index (κ2) is 17.1. The monoisotopic (exact) mass is 798 g/mol. The van der Waals surface area contributed by atoms with Crippen LogP contribution in [-0.2, 0) is 18.4 Å². The fraction of sp³-hybridized carbons (Fsp3) is 0.514. The van der Waals surface area contributed by atoms with Crippen molar-refractivity contribution in [2.75, 3.05) is 51.3 Å². The highest BCUT2D eigenvalue weighted by atomic mass is 32.2. The lowest BCUT2D eigenvalue weighted by Gasteiger charge is -2.36. The smallest absolute Gasteiger partial charge is 0.479 e. The number of nitrogens with two attached hydrogens (primary N) is 2. The van der Waals surface area contributed by atoms with Crippen molar-refractivity contribution in [2.24, 2.45) is 17.3 Å². The highest BCUT2D eigenvalue weighted by Crippen LogP contribution is 2.52. The Morgan fingerprint density at radius 3 is 1.87 bits per heavy atom. The molecule has 5 aromatic rings. The molecule has 2 fully saturated rings. The van der Waals surface area contributed by atoms with Crippen LogP contribution >= 0.6 is 19.6 Å². The molecule has 0 amide bonds. The number of nitrogens with zero attached hydrogens (tertiary/aromatic N) is 8. The largest absolute Gasteiger partial charge is 0.530 e. The number of fused-ring (bicyclic) bond motifs is 2. The van der Waals surface area contributed by atoms with Crippen molar-refractivity contribution in [2.45, 2.75) is 58.5 Å². The van der Waals surface area contributed by atoms with Gasteiger partial charge in [-0.2, -0.15) is 19.9 Å². The third-order valence-corrected chi connectivity index (χ3v) is 11.9. The van der Waals surface area contributed by atoms with Crippen molar-refractivity contribution < 1.29 is 37.5 Å². The lowest BCUT2D eigenvalue weighted by molar-refractivity contribution is -0.117. The summed E-state index contributed by atoms with van der Waals surface area (Å²) >= 11 is 1.14. The van der Waals surface area contributed by atoms with Crippen LogP contribution < -0.4 is 25.5 Å². The average Bonchev–Trinajstić information content (AvgIpc) is 3.73. The molecule has 5 N–H and O–H groups in total. The van der Waals surface area contributed by atoms with Gasteiger partial charge in [-0.3, -0.25) is 13.8 Å². The summed E-state index contributed by atoms with van der Waals surface area (Å²) in [6, 6.07) is 9.20. The Kier molecular flexibility index (Phi) is 12.5. The number of methoxy groups -OCH3 is 2. The molecule has 1 aromatic carbocycles. The van der Waals surface area contributed by atoms with E-state index in [1.165, 1.54) is 14.2 Å². The Bertz CT molecular complexity index is 2130. The molecule has 1 atom stereocenters.